The number of primary amides is 2. The molecule has 3 rings (SSSR count). The van der Waals surface area contributed by atoms with Gasteiger partial charge >= 0.3 is 12.1 Å². The van der Waals surface area contributed by atoms with Crippen molar-refractivity contribution in [3.8, 4) is 11.1 Å². The lowest BCUT2D eigenvalue weighted by molar-refractivity contribution is 0.256. The summed E-state index contributed by atoms with van der Waals surface area (Å²) in [7, 11) is 0. The Balaban J connectivity index is 1.97. The zero-order chi connectivity index (χ0) is 16.7. The molecule has 0 fully saturated rings. The topological polar surface area (TPSA) is 92.7 Å². The number of thiol groups is 2. The van der Waals surface area contributed by atoms with Crippen LogP contribution >= 0.6 is 25.6 Å². The van der Waals surface area contributed by atoms with Gasteiger partial charge in [0.25, 0.3) is 0 Å². The van der Waals surface area contributed by atoms with Crippen molar-refractivity contribution < 1.29 is 9.59 Å². The SMILES string of the molecule is NC(=O)N(S)c1ccc2c(c1)Cc1cc(N(S)C(N)=O)ccc1-2. The van der Waals surface area contributed by atoms with Crippen LogP contribution < -0.4 is 20.1 Å². The van der Waals surface area contributed by atoms with E-state index in [4.69, 9.17) is 11.5 Å². The number of anilines is 2. The lowest BCUT2D eigenvalue weighted by atomic mass is 10.1. The van der Waals surface area contributed by atoms with Gasteiger partial charge in [-0.1, -0.05) is 37.8 Å². The highest BCUT2D eigenvalue weighted by Gasteiger charge is 2.21. The molecule has 4 amide bonds. The Hall–Kier alpha value is -2.32. The molecule has 23 heavy (non-hydrogen) atoms. The van der Waals surface area contributed by atoms with Gasteiger partial charge in [-0.15, -0.1) is 0 Å². The molecular weight excluding hydrogens is 332 g/mol. The van der Waals surface area contributed by atoms with Crippen LogP contribution in [0.3, 0.4) is 0 Å². The molecule has 0 bridgehead atoms. The number of carbonyl (C=O) groups is 2. The third-order valence-corrected chi connectivity index (χ3v) is 4.61. The van der Waals surface area contributed by atoms with Crippen LogP contribution in [0.15, 0.2) is 36.4 Å². The average molecular weight is 346 g/mol. The number of hydrogen-bond donors (Lipinski definition) is 4. The third-order valence-electron chi connectivity index (χ3n) is 3.76. The van der Waals surface area contributed by atoms with Crippen molar-refractivity contribution in [3.63, 3.8) is 0 Å². The molecule has 1 aliphatic carbocycles. The summed E-state index contributed by atoms with van der Waals surface area (Å²) in [5, 5.41) is 0. The first kappa shape index (κ1) is 15.6. The van der Waals surface area contributed by atoms with Crippen LogP contribution in [0.1, 0.15) is 11.1 Å². The van der Waals surface area contributed by atoms with E-state index in [-0.39, 0.29) is 0 Å². The van der Waals surface area contributed by atoms with E-state index in [1.807, 2.05) is 24.3 Å². The van der Waals surface area contributed by atoms with E-state index in [1.165, 1.54) is 0 Å². The number of hydrogen-bond acceptors (Lipinski definition) is 4. The highest BCUT2D eigenvalue weighted by molar-refractivity contribution is 7.82. The molecule has 4 N–H and O–H groups in total. The number of carbonyl (C=O) groups excluding carboxylic acids is 2. The standard InChI is InChI=1S/C15H14N4O2S2/c16-14(20)18(22)10-1-3-12-8(6-10)5-9-7-11(2-4-13(9)12)19(23)15(17)21/h1-4,6-7,22-23H,5H2,(H2,16,20)(H2,17,21). The van der Waals surface area contributed by atoms with Crippen molar-refractivity contribution in [3.05, 3.63) is 47.5 Å². The fourth-order valence-electron chi connectivity index (χ4n) is 2.70. The Labute approximate surface area is 144 Å². The molecule has 8 heteroatoms. The summed E-state index contributed by atoms with van der Waals surface area (Å²) in [6.45, 7) is 0. The molecule has 0 spiro atoms. The molecule has 0 aromatic heterocycles. The van der Waals surface area contributed by atoms with Crippen LogP contribution in [0.4, 0.5) is 21.0 Å². The molecule has 6 nitrogen and oxygen atoms in total. The van der Waals surface area contributed by atoms with Gasteiger partial charge in [0, 0.05) is 0 Å². The smallest absolute Gasteiger partial charge is 0.329 e. The van der Waals surface area contributed by atoms with Crippen molar-refractivity contribution in [1.29, 1.82) is 0 Å². The van der Waals surface area contributed by atoms with Crippen molar-refractivity contribution >= 4 is 49.1 Å². The van der Waals surface area contributed by atoms with E-state index in [9.17, 15) is 9.59 Å². The molecule has 0 saturated heterocycles. The molecule has 0 saturated carbocycles. The van der Waals surface area contributed by atoms with Gasteiger partial charge in [-0.3, -0.25) is 0 Å². The van der Waals surface area contributed by atoms with Crippen molar-refractivity contribution in [2.24, 2.45) is 11.5 Å². The molecule has 1 aliphatic rings. The third kappa shape index (κ3) is 2.71. The molecule has 2 aromatic carbocycles. The maximum Gasteiger partial charge on any atom is 0.329 e. The summed E-state index contributed by atoms with van der Waals surface area (Å²) in [5.41, 5.74) is 15.9. The van der Waals surface area contributed by atoms with Crippen molar-refractivity contribution in [2.45, 2.75) is 6.42 Å². The predicted molar refractivity (Wildman–Crippen MR) is 96.8 cm³/mol. The van der Waals surface area contributed by atoms with E-state index in [1.54, 1.807) is 12.1 Å². The summed E-state index contributed by atoms with van der Waals surface area (Å²) in [4.78, 5) is 22.4. The molecule has 2 aromatic rings. The quantitative estimate of drug-likeness (QED) is 0.537. The molecule has 118 valence electrons. The Morgan fingerprint density at radius 1 is 0.826 bits per heavy atom. The Morgan fingerprint density at radius 2 is 1.22 bits per heavy atom. The van der Waals surface area contributed by atoms with Gasteiger partial charge in [-0.05, 0) is 52.9 Å². The first-order valence-electron chi connectivity index (χ1n) is 6.71. The van der Waals surface area contributed by atoms with Crippen LogP contribution in [0.2, 0.25) is 0 Å². The lowest BCUT2D eigenvalue weighted by Crippen LogP contribution is -2.27. The second-order valence-corrected chi connectivity index (χ2v) is 5.96. The second-order valence-electron chi connectivity index (χ2n) is 5.16. The van der Waals surface area contributed by atoms with E-state index < -0.39 is 12.1 Å². The second kappa shape index (κ2) is 5.71. The van der Waals surface area contributed by atoms with E-state index >= 15 is 0 Å². The van der Waals surface area contributed by atoms with Gasteiger partial charge in [-0.2, -0.15) is 0 Å². The molecule has 0 aliphatic heterocycles. The van der Waals surface area contributed by atoms with Gasteiger partial charge in [0.2, 0.25) is 0 Å². The molecule has 0 atom stereocenters. The maximum atomic E-state index is 11.2. The van der Waals surface area contributed by atoms with Crippen LogP contribution in [0.5, 0.6) is 0 Å². The monoisotopic (exact) mass is 346 g/mol. The minimum absolute atomic E-state index is 0.612. The summed E-state index contributed by atoms with van der Waals surface area (Å²) in [5.74, 6) is 0. The Morgan fingerprint density at radius 3 is 1.57 bits per heavy atom. The normalized spacial score (nSPS) is 11.6. The lowest BCUT2D eigenvalue weighted by Gasteiger charge is -2.14. The Bertz CT molecular complexity index is 758. The molecule has 0 radical (unpaired) electrons. The van der Waals surface area contributed by atoms with Gasteiger partial charge in [0.1, 0.15) is 0 Å². The molecular formula is C15H14N4O2S2. The largest absolute Gasteiger partial charge is 0.350 e. The van der Waals surface area contributed by atoms with Crippen LogP contribution in [0.25, 0.3) is 11.1 Å². The number of benzene rings is 2. The molecule has 0 unspecified atom stereocenters. The highest BCUT2D eigenvalue weighted by atomic mass is 32.1. The van der Waals surface area contributed by atoms with Crippen molar-refractivity contribution in [2.75, 3.05) is 8.61 Å². The number of rotatable bonds is 2. The summed E-state index contributed by atoms with van der Waals surface area (Å²) < 4.78 is 2.19. The van der Waals surface area contributed by atoms with Gasteiger partial charge in [0.15, 0.2) is 0 Å². The van der Waals surface area contributed by atoms with Gasteiger partial charge < -0.3 is 11.5 Å². The van der Waals surface area contributed by atoms with E-state index in [2.05, 4.69) is 25.6 Å². The fourth-order valence-corrected chi connectivity index (χ4v) is 2.95. The predicted octanol–water partition coefficient (Wildman–Crippen LogP) is 2.72. The van der Waals surface area contributed by atoms with E-state index in [0.717, 1.165) is 30.9 Å². The minimum atomic E-state index is -0.641. The number of amides is 4. The van der Waals surface area contributed by atoms with Crippen molar-refractivity contribution in [1.82, 2.24) is 0 Å². The Kier molecular flexibility index (Phi) is 3.87. The van der Waals surface area contributed by atoms with Crippen LogP contribution in [0, 0.1) is 0 Å². The van der Waals surface area contributed by atoms with Gasteiger partial charge in [-0.25, -0.2) is 18.2 Å². The molecule has 0 heterocycles. The van der Waals surface area contributed by atoms with Gasteiger partial charge in [0.05, 0.1) is 11.4 Å². The number of urea groups is 2. The van der Waals surface area contributed by atoms with Crippen LogP contribution in [-0.4, -0.2) is 12.1 Å². The van der Waals surface area contributed by atoms with E-state index in [0.29, 0.717) is 17.8 Å². The minimum Gasteiger partial charge on any atom is -0.350 e. The average Bonchev–Trinajstić information content (AvgIpc) is 2.89. The number of nitrogens with zero attached hydrogens (tertiary/aromatic N) is 2. The fraction of sp³-hybridized carbons (Fsp3) is 0.0667. The summed E-state index contributed by atoms with van der Waals surface area (Å²) >= 11 is 8.15. The zero-order valence-corrected chi connectivity index (χ0v) is 13.7. The number of nitrogens with two attached hydrogens (primary N) is 2. The first-order valence-corrected chi connectivity index (χ1v) is 7.51. The maximum absolute atomic E-state index is 11.2. The highest BCUT2D eigenvalue weighted by Crippen LogP contribution is 2.40. The first-order chi connectivity index (χ1) is 10.9. The summed E-state index contributed by atoms with van der Waals surface area (Å²) in [6, 6.07) is 9.89. The summed E-state index contributed by atoms with van der Waals surface area (Å²) in [6.07, 6.45) is 0.674. The zero-order valence-electron chi connectivity index (χ0n) is 11.9. The number of fused-ring (bicyclic) bond motifs is 3. The van der Waals surface area contributed by atoms with Crippen LogP contribution in [-0.2, 0) is 6.42 Å².